The van der Waals surface area contributed by atoms with Crippen LogP contribution in [0.4, 0.5) is 5.69 Å². The smallest absolute Gasteiger partial charge is 0.263 e. The molecule has 2 aromatic carbocycles. The van der Waals surface area contributed by atoms with E-state index in [0.29, 0.717) is 54.6 Å². The van der Waals surface area contributed by atoms with E-state index in [2.05, 4.69) is 5.32 Å². The van der Waals surface area contributed by atoms with E-state index in [-0.39, 0.29) is 11.8 Å². The van der Waals surface area contributed by atoms with E-state index in [0.717, 1.165) is 12.0 Å². The largest absolute Gasteiger partial charge is 0.496 e. The van der Waals surface area contributed by atoms with Crippen molar-refractivity contribution in [1.29, 1.82) is 0 Å². The molecule has 1 aliphatic heterocycles. The predicted octanol–water partition coefficient (Wildman–Crippen LogP) is 3.49. The number of ether oxygens (including phenoxy) is 4. The number of amides is 2. The van der Waals surface area contributed by atoms with Gasteiger partial charge in [-0.05, 0) is 43.2 Å². The topological polar surface area (TPSA) is 86.3 Å². The highest BCUT2D eigenvalue weighted by molar-refractivity contribution is 6.08. The van der Waals surface area contributed by atoms with Gasteiger partial charge in [0, 0.05) is 38.1 Å². The summed E-state index contributed by atoms with van der Waals surface area (Å²) in [6, 6.07) is 10.6. The Balaban J connectivity index is 1.86. The maximum atomic E-state index is 13.0. The molecule has 0 fully saturated rings. The van der Waals surface area contributed by atoms with Crippen molar-refractivity contribution < 1.29 is 28.5 Å². The molecule has 0 aliphatic carbocycles. The molecule has 2 amide bonds. The summed E-state index contributed by atoms with van der Waals surface area (Å²) in [6.07, 6.45) is 0.778. The second-order valence-corrected chi connectivity index (χ2v) is 7.44. The molecule has 0 aromatic heterocycles. The van der Waals surface area contributed by atoms with Gasteiger partial charge in [0.1, 0.15) is 22.8 Å². The van der Waals surface area contributed by atoms with Crippen LogP contribution in [0.3, 0.4) is 0 Å². The first-order valence-corrected chi connectivity index (χ1v) is 10.6. The van der Waals surface area contributed by atoms with Gasteiger partial charge in [-0.3, -0.25) is 9.59 Å². The average Bonchev–Trinajstić information content (AvgIpc) is 2.94. The first-order chi connectivity index (χ1) is 15.5. The molecule has 0 saturated carbocycles. The number of nitrogens with one attached hydrogen (secondary N) is 1. The lowest BCUT2D eigenvalue weighted by Gasteiger charge is -2.23. The van der Waals surface area contributed by atoms with Gasteiger partial charge in [-0.2, -0.15) is 0 Å². The van der Waals surface area contributed by atoms with Gasteiger partial charge in [-0.25, -0.2) is 0 Å². The van der Waals surface area contributed by atoms with Crippen molar-refractivity contribution in [3.05, 3.63) is 47.5 Å². The maximum Gasteiger partial charge on any atom is 0.263 e. The lowest BCUT2D eigenvalue weighted by atomic mass is 10.1. The van der Waals surface area contributed by atoms with Crippen molar-refractivity contribution in [3.8, 4) is 17.2 Å². The third kappa shape index (κ3) is 5.13. The monoisotopic (exact) mass is 442 g/mol. The van der Waals surface area contributed by atoms with Crippen LogP contribution in [0.5, 0.6) is 17.2 Å². The molecule has 1 aliphatic rings. The SMILES string of the molecule is CCC1Oc2ccc(NC(=O)c3c(OC)cccc3OC)cc2CN(CCCOC)C1=O. The summed E-state index contributed by atoms with van der Waals surface area (Å²) in [6.45, 7) is 3.47. The summed E-state index contributed by atoms with van der Waals surface area (Å²) < 4.78 is 21.8. The number of anilines is 1. The van der Waals surface area contributed by atoms with Crippen molar-refractivity contribution in [2.75, 3.05) is 39.8 Å². The van der Waals surface area contributed by atoms with E-state index >= 15 is 0 Å². The van der Waals surface area contributed by atoms with Crippen LogP contribution in [0.15, 0.2) is 36.4 Å². The second-order valence-electron chi connectivity index (χ2n) is 7.44. The van der Waals surface area contributed by atoms with Crippen LogP contribution in [0.1, 0.15) is 35.7 Å². The number of benzene rings is 2. The number of nitrogens with zero attached hydrogens (tertiary/aromatic N) is 1. The molecule has 0 spiro atoms. The first-order valence-electron chi connectivity index (χ1n) is 10.6. The van der Waals surface area contributed by atoms with Crippen LogP contribution in [-0.4, -0.2) is 57.3 Å². The minimum atomic E-state index is -0.530. The molecule has 8 heteroatoms. The Morgan fingerprint density at radius 2 is 1.88 bits per heavy atom. The zero-order valence-electron chi connectivity index (χ0n) is 19.0. The van der Waals surface area contributed by atoms with Crippen molar-refractivity contribution in [2.24, 2.45) is 0 Å². The molecule has 172 valence electrons. The van der Waals surface area contributed by atoms with Crippen molar-refractivity contribution in [2.45, 2.75) is 32.4 Å². The summed E-state index contributed by atoms with van der Waals surface area (Å²) in [5.74, 6) is 1.09. The molecule has 1 atom stereocenters. The van der Waals surface area contributed by atoms with Crippen molar-refractivity contribution in [3.63, 3.8) is 0 Å². The summed E-state index contributed by atoms with van der Waals surface area (Å²) in [4.78, 5) is 27.7. The van der Waals surface area contributed by atoms with Crippen LogP contribution in [0.2, 0.25) is 0 Å². The Kier molecular flexibility index (Phi) is 7.94. The van der Waals surface area contributed by atoms with Gasteiger partial charge in [0.2, 0.25) is 0 Å². The van der Waals surface area contributed by atoms with E-state index in [4.69, 9.17) is 18.9 Å². The minimum Gasteiger partial charge on any atom is -0.496 e. The Hall–Kier alpha value is -3.26. The molecule has 8 nitrogen and oxygen atoms in total. The van der Waals surface area contributed by atoms with Gasteiger partial charge in [-0.15, -0.1) is 0 Å². The number of carbonyl (C=O) groups excluding carboxylic acids is 2. The number of fused-ring (bicyclic) bond motifs is 1. The summed E-state index contributed by atoms with van der Waals surface area (Å²) in [7, 11) is 4.65. The highest BCUT2D eigenvalue weighted by Crippen LogP contribution is 2.32. The quantitative estimate of drug-likeness (QED) is 0.599. The Labute approximate surface area is 188 Å². The summed E-state index contributed by atoms with van der Waals surface area (Å²) in [5, 5.41) is 2.90. The Morgan fingerprint density at radius 1 is 1.16 bits per heavy atom. The fourth-order valence-corrected chi connectivity index (χ4v) is 3.70. The van der Waals surface area contributed by atoms with Crippen LogP contribution in [0, 0.1) is 0 Å². The van der Waals surface area contributed by atoms with Gasteiger partial charge in [0.15, 0.2) is 6.10 Å². The lowest BCUT2D eigenvalue weighted by molar-refractivity contribution is -0.138. The zero-order valence-corrected chi connectivity index (χ0v) is 19.0. The third-order valence-electron chi connectivity index (χ3n) is 5.34. The number of methoxy groups -OCH3 is 3. The molecule has 32 heavy (non-hydrogen) atoms. The molecule has 3 rings (SSSR count). The van der Waals surface area contributed by atoms with E-state index in [1.54, 1.807) is 42.3 Å². The third-order valence-corrected chi connectivity index (χ3v) is 5.34. The van der Waals surface area contributed by atoms with Gasteiger partial charge in [0.05, 0.1) is 14.2 Å². The van der Waals surface area contributed by atoms with E-state index < -0.39 is 6.10 Å². The van der Waals surface area contributed by atoms with Gasteiger partial charge >= 0.3 is 0 Å². The molecule has 0 radical (unpaired) electrons. The number of hydrogen-bond donors (Lipinski definition) is 1. The van der Waals surface area contributed by atoms with Crippen molar-refractivity contribution >= 4 is 17.5 Å². The molecular weight excluding hydrogens is 412 g/mol. The lowest BCUT2D eigenvalue weighted by Crippen LogP contribution is -2.40. The highest BCUT2D eigenvalue weighted by Gasteiger charge is 2.30. The van der Waals surface area contributed by atoms with E-state index in [1.165, 1.54) is 14.2 Å². The predicted molar refractivity (Wildman–Crippen MR) is 121 cm³/mol. The molecule has 0 bridgehead atoms. The minimum absolute atomic E-state index is 0.0378. The van der Waals surface area contributed by atoms with Crippen LogP contribution < -0.4 is 19.5 Å². The molecule has 2 aromatic rings. The fourth-order valence-electron chi connectivity index (χ4n) is 3.70. The van der Waals surface area contributed by atoms with Gasteiger partial charge < -0.3 is 29.2 Å². The van der Waals surface area contributed by atoms with E-state index in [1.807, 2.05) is 13.0 Å². The first kappa shape index (κ1) is 23.4. The standard InChI is InChI=1S/C24H30N2O6/c1-5-18-24(28)26(12-7-13-29-2)15-16-14-17(10-11-19(16)32-18)25-23(27)22-20(30-3)8-6-9-21(22)31-4/h6,8-11,14,18H,5,7,12-13,15H2,1-4H3,(H,25,27). The van der Waals surface area contributed by atoms with E-state index in [9.17, 15) is 9.59 Å². The molecule has 1 heterocycles. The van der Waals surface area contributed by atoms with Crippen LogP contribution in [-0.2, 0) is 16.1 Å². The number of rotatable bonds is 9. The van der Waals surface area contributed by atoms with Gasteiger partial charge in [-0.1, -0.05) is 13.0 Å². The number of carbonyl (C=O) groups is 2. The highest BCUT2D eigenvalue weighted by atomic mass is 16.5. The normalized spacial score (nSPS) is 15.4. The average molecular weight is 443 g/mol. The van der Waals surface area contributed by atoms with Crippen LogP contribution in [0.25, 0.3) is 0 Å². The summed E-state index contributed by atoms with van der Waals surface area (Å²) in [5.41, 5.74) is 1.73. The maximum absolute atomic E-state index is 13.0. The second kappa shape index (κ2) is 10.9. The molecule has 0 saturated heterocycles. The molecule has 1 N–H and O–H groups in total. The number of hydrogen-bond acceptors (Lipinski definition) is 6. The summed E-state index contributed by atoms with van der Waals surface area (Å²) >= 11 is 0. The van der Waals surface area contributed by atoms with Gasteiger partial charge in [0.25, 0.3) is 11.8 Å². The zero-order chi connectivity index (χ0) is 23.1. The Morgan fingerprint density at radius 3 is 2.50 bits per heavy atom. The molecular formula is C24H30N2O6. The fraction of sp³-hybridized carbons (Fsp3) is 0.417. The Bertz CT molecular complexity index is 939. The molecule has 1 unspecified atom stereocenters. The van der Waals surface area contributed by atoms with Crippen LogP contribution >= 0.6 is 0 Å². The van der Waals surface area contributed by atoms with Crippen molar-refractivity contribution in [1.82, 2.24) is 4.90 Å².